The van der Waals surface area contributed by atoms with Crippen LogP contribution in [0.4, 0.5) is 11.4 Å². The molecule has 0 atom stereocenters. The topological polar surface area (TPSA) is 62.2 Å². The summed E-state index contributed by atoms with van der Waals surface area (Å²) < 4.78 is 5.46. The van der Waals surface area contributed by atoms with E-state index in [2.05, 4.69) is 30.8 Å². The van der Waals surface area contributed by atoms with Gasteiger partial charge in [-0.2, -0.15) is 10.1 Å². The number of nitrogens with zero attached hydrogens (tertiary/aromatic N) is 3. The van der Waals surface area contributed by atoms with E-state index in [0.29, 0.717) is 12.3 Å². The van der Waals surface area contributed by atoms with Crippen LogP contribution in [0.25, 0.3) is 6.08 Å². The van der Waals surface area contributed by atoms with E-state index < -0.39 is 5.97 Å². The molecule has 174 valence electrons. The maximum Gasteiger partial charge on any atom is 0.359 e. The Morgan fingerprint density at radius 3 is 2.30 bits per heavy atom. The van der Waals surface area contributed by atoms with Crippen molar-refractivity contribution in [3.63, 3.8) is 0 Å². The number of esters is 1. The Kier molecular flexibility index (Phi) is 8.81. The molecule has 1 amide bonds. The molecule has 1 aliphatic heterocycles. The van der Waals surface area contributed by atoms with Gasteiger partial charge in [0.1, 0.15) is 0 Å². The summed E-state index contributed by atoms with van der Waals surface area (Å²) in [6, 6.07) is 17.1. The Morgan fingerprint density at radius 1 is 0.970 bits per heavy atom. The Labute approximate surface area is 196 Å². The number of benzene rings is 2. The van der Waals surface area contributed by atoms with Crippen LogP contribution in [-0.4, -0.2) is 37.3 Å². The molecule has 0 N–H and O–H groups in total. The highest BCUT2D eigenvalue weighted by molar-refractivity contribution is 6.54. The molecular weight excluding hydrogens is 414 g/mol. The molecule has 6 nitrogen and oxygen atoms in total. The van der Waals surface area contributed by atoms with Crippen molar-refractivity contribution in [2.45, 2.75) is 46.5 Å². The first kappa shape index (κ1) is 24.2. The van der Waals surface area contributed by atoms with E-state index >= 15 is 0 Å². The second-order valence-corrected chi connectivity index (χ2v) is 7.92. The summed E-state index contributed by atoms with van der Waals surface area (Å²) in [7, 11) is 0. The molecule has 3 rings (SSSR count). The van der Waals surface area contributed by atoms with Crippen molar-refractivity contribution in [2.24, 2.45) is 5.10 Å². The van der Waals surface area contributed by atoms with Gasteiger partial charge in [-0.3, -0.25) is 4.79 Å². The molecule has 0 fully saturated rings. The zero-order chi connectivity index (χ0) is 23.6. The number of carbonyl (C=O) groups excluding carboxylic acids is 2. The summed E-state index contributed by atoms with van der Waals surface area (Å²) in [6.07, 6.45) is 5.74. The van der Waals surface area contributed by atoms with Crippen molar-refractivity contribution in [3.05, 3.63) is 65.7 Å². The molecule has 1 aliphatic rings. The minimum atomic E-state index is -0.565. The summed E-state index contributed by atoms with van der Waals surface area (Å²) >= 11 is 0. The van der Waals surface area contributed by atoms with Gasteiger partial charge in [-0.25, -0.2) is 4.79 Å². The Morgan fingerprint density at radius 2 is 1.67 bits per heavy atom. The van der Waals surface area contributed by atoms with Crippen LogP contribution >= 0.6 is 0 Å². The van der Waals surface area contributed by atoms with Gasteiger partial charge in [-0.05, 0) is 56.2 Å². The summed E-state index contributed by atoms with van der Waals surface area (Å²) in [5.41, 5.74) is 2.84. The van der Waals surface area contributed by atoms with E-state index in [1.165, 1.54) is 5.01 Å². The predicted octanol–water partition coefficient (Wildman–Crippen LogP) is 5.44. The fourth-order valence-corrected chi connectivity index (χ4v) is 3.74. The minimum absolute atomic E-state index is 0.0483. The van der Waals surface area contributed by atoms with E-state index in [4.69, 9.17) is 4.74 Å². The molecule has 0 aromatic heterocycles. The van der Waals surface area contributed by atoms with Crippen molar-refractivity contribution in [1.29, 1.82) is 0 Å². The summed E-state index contributed by atoms with van der Waals surface area (Å²) in [5, 5.41) is 5.62. The monoisotopic (exact) mass is 447 g/mol. The third-order valence-electron chi connectivity index (χ3n) is 5.64. The van der Waals surface area contributed by atoms with E-state index in [-0.39, 0.29) is 17.2 Å². The molecule has 0 unspecified atom stereocenters. The quantitative estimate of drug-likeness (QED) is 0.261. The first-order valence-corrected chi connectivity index (χ1v) is 11.8. The van der Waals surface area contributed by atoms with Crippen molar-refractivity contribution < 1.29 is 14.3 Å². The third kappa shape index (κ3) is 6.09. The molecule has 6 heteroatoms. The predicted molar refractivity (Wildman–Crippen MR) is 134 cm³/mol. The number of unbranched alkanes of at least 4 members (excludes halogenated alkanes) is 3. The van der Waals surface area contributed by atoms with Gasteiger partial charge in [0.2, 0.25) is 0 Å². The number of hydrogen-bond donors (Lipinski definition) is 0. The molecule has 33 heavy (non-hydrogen) atoms. The normalized spacial score (nSPS) is 14.5. The molecule has 0 saturated carbocycles. The van der Waals surface area contributed by atoms with Gasteiger partial charge in [0.15, 0.2) is 5.71 Å². The number of anilines is 2. The minimum Gasteiger partial charge on any atom is -0.461 e. The number of hydrazone groups is 1. The number of para-hydroxylation sites is 1. The first-order valence-electron chi connectivity index (χ1n) is 11.8. The molecule has 0 aliphatic carbocycles. The van der Waals surface area contributed by atoms with E-state index in [1.54, 1.807) is 18.2 Å². The number of amides is 1. The second kappa shape index (κ2) is 12.0. The summed E-state index contributed by atoms with van der Waals surface area (Å²) in [6.45, 7) is 8.53. The van der Waals surface area contributed by atoms with Gasteiger partial charge in [-0.1, -0.05) is 56.5 Å². The maximum absolute atomic E-state index is 13.2. The number of carbonyl (C=O) groups is 2. The van der Waals surface area contributed by atoms with Crippen LogP contribution in [0.1, 0.15) is 52.0 Å². The van der Waals surface area contributed by atoms with Crippen molar-refractivity contribution >= 4 is 35.0 Å². The van der Waals surface area contributed by atoms with Gasteiger partial charge in [0.25, 0.3) is 5.91 Å². The zero-order valence-corrected chi connectivity index (χ0v) is 19.8. The number of hydrogen-bond acceptors (Lipinski definition) is 5. The lowest BCUT2D eigenvalue weighted by Crippen LogP contribution is -2.23. The summed E-state index contributed by atoms with van der Waals surface area (Å²) in [5.74, 6) is -0.906. The van der Waals surface area contributed by atoms with Gasteiger partial charge in [0, 0.05) is 18.8 Å². The van der Waals surface area contributed by atoms with Crippen LogP contribution in [0.15, 0.2) is 65.3 Å². The molecular formula is C27H33N3O3. The van der Waals surface area contributed by atoms with Crippen LogP contribution in [0, 0.1) is 0 Å². The second-order valence-electron chi connectivity index (χ2n) is 7.92. The standard InChI is InChI=1S/C27H33N3O3/c1-4-7-8-12-19-33-27(32)25-24(26(31)30(28-25)23-13-10-9-11-14-23)20-21-15-17-22(18-16-21)29(5-2)6-3/h9-11,13-18,20H,4-8,12,19H2,1-3H3/b24-20-. The van der Waals surface area contributed by atoms with Crippen LogP contribution in [-0.2, 0) is 14.3 Å². The van der Waals surface area contributed by atoms with Crippen LogP contribution < -0.4 is 9.91 Å². The van der Waals surface area contributed by atoms with Gasteiger partial charge in [-0.15, -0.1) is 0 Å². The Hall–Kier alpha value is -3.41. The third-order valence-corrected chi connectivity index (χ3v) is 5.64. The largest absolute Gasteiger partial charge is 0.461 e. The average Bonchev–Trinajstić information content (AvgIpc) is 3.17. The lowest BCUT2D eigenvalue weighted by molar-refractivity contribution is -0.135. The highest BCUT2D eigenvalue weighted by Crippen LogP contribution is 2.26. The highest BCUT2D eigenvalue weighted by Gasteiger charge is 2.36. The highest BCUT2D eigenvalue weighted by atomic mass is 16.5. The SMILES string of the molecule is CCCCCCOC(=O)C1=NN(c2ccccc2)C(=O)/C1=C\c1ccc(N(CC)CC)cc1. The van der Waals surface area contributed by atoms with E-state index in [0.717, 1.165) is 50.0 Å². The number of ether oxygens (including phenoxy) is 1. The van der Waals surface area contributed by atoms with Crippen molar-refractivity contribution in [1.82, 2.24) is 0 Å². The fourth-order valence-electron chi connectivity index (χ4n) is 3.74. The lowest BCUT2D eigenvalue weighted by atomic mass is 10.1. The smallest absolute Gasteiger partial charge is 0.359 e. The van der Waals surface area contributed by atoms with Crippen molar-refractivity contribution in [2.75, 3.05) is 29.6 Å². The van der Waals surface area contributed by atoms with Gasteiger partial charge >= 0.3 is 5.97 Å². The van der Waals surface area contributed by atoms with Gasteiger partial charge in [0.05, 0.1) is 17.9 Å². The molecule has 0 saturated heterocycles. The fraction of sp³-hybridized carbons (Fsp3) is 0.370. The molecule has 2 aromatic carbocycles. The molecule has 0 spiro atoms. The van der Waals surface area contributed by atoms with Crippen LogP contribution in [0.5, 0.6) is 0 Å². The van der Waals surface area contributed by atoms with E-state index in [1.807, 2.05) is 42.5 Å². The lowest BCUT2D eigenvalue weighted by Gasteiger charge is -2.20. The van der Waals surface area contributed by atoms with E-state index in [9.17, 15) is 9.59 Å². The first-order chi connectivity index (χ1) is 16.1. The van der Waals surface area contributed by atoms with Crippen LogP contribution in [0.2, 0.25) is 0 Å². The maximum atomic E-state index is 13.2. The molecule has 1 heterocycles. The Bertz CT molecular complexity index is 993. The molecule has 0 radical (unpaired) electrons. The van der Waals surface area contributed by atoms with Gasteiger partial charge < -0.3 is 9.64 Å². The molecule has 0 bridgehead atoms. The summed E-state index contributed by atoms with van der Waals surface area (Å²) in [4.78, 5) is 28.3. The number of rotatable bonds is 11. The van der Waals surface area contributed by atoms with Crippen LogP contribution in [0.3, 0.4) is 0 Å². The zero-order valence-electron chi connectivity index (χ0n) is 19.8. The molecule has 2 aromatic rings. The average molecular weight is 448 g/mol. The Balaban J connectivity index is 1.86. The van der Waals surface area contributed by atoms with Crippen molar-refractivity contribution in [3.8, 4) is 0 Å².